The van der Waals surface area contributed by atoms with Crippen LogP contribution in [0.15, 0.2) is 54.7 Å². The first-order chi connectivity index (χ1) is 16.4. The van der Waals surface area contributed by atoms with E-state index in [1.54, 1.807) is 0 Å². The first-order valence-corrected chi connectivity index (χ1v) is 12.3. The Kier molecular flexibility index (Phi) is 6.28. The number of nitrogens with one attached hydrogen (secondary N) is 1. The number of fused-ring (bicyclic) bond motifs is 1. The van der Waals surface area contributed by atoms with Crippen molar-refractivity contribution in [1.29, 1.82) is 0 Å². The highest BCUT2D eigenvalue weighted by atomic mass is 16.1. The first-order valence-electron chi connectivity index (χ1n) is 12.3. The largest absolute Gasteiger partial charge is 0.369 e. The van der Waals surface area contributed by atoms with Crippen molar-refractivity contribution in [2.45, 2.75) is 25.3 Å². The lowest BCUT2D eigenvalue weighted by Gasteiger charge is -2.36. The molecule has 3 aromatic rings. The SMILES string of the molecule is Cc1ccc(N2CCN(CCN(C)C)CC2)cc1C(=O)NC1(c2ccnc3ccccc23)CC1. The molecule has 2 fully saturated rings. The minimum Gasteiger partial charge on any atom is -0.369 e. The molecule has 2 aromatic carbocycles. The third-order valence-electron chi connectivity index (χ3n) is 7.33. The van der Waals surface area contributed by atoms with Crippen molar-refractivity contribution >= 4 is 22.5 Å². The molecule has 6 nitrogen and oxygen atoms in total. The fourth-order valence-electron chi connectivity index (χ4n) is 5.01. The Morgan fingerprint density at radius 1 is 1.06 bits per heavy atom. The first kappa shape index (κ1) is 22.8. The molecule has 178 valence electrons. The van der Waals surface area contributed by atoms with Crippen LogP contribution in [0, 0.1) is 6.92 Å². The minimum atomic E-state index is -0.292. The van der Waals surface area contributed by atoms with E-state index in [-0.39, 0.29) is 11.4 Å². The number of benzene rings is 2. The summed E-state index contributed by atoms with van der Waals surface area (Å²) in [5.74, 6) is 0.0161. The summed E-state index contributed by atoms with van der Waals surface area (Å²) in [6.45, 7) is 8.31. The van der Waals surface area contributed by atoms with Gasteiger partial charge in [0.2, 0.25) is 0 Å². The zero-order valence-corrected chi connectivity index (χ0v) is 20.6. The number of para-hydroxylation sites is 1. The Morgan fingerprint density at radius 2 is 1.82 bits per heavy atom. The summed E-state index contributed by atoms with van der Waals surface area (Å²) in [7, 11) is 4.25. The van der Waals surface area contributed by atoms with Crippen LogP contribution in [0.1, 0.15) is 34.3 Å². The van der Waals surface area contributed by atoms with Gasteiger partial charge in [0.15, 0.2) is 0 Å². The van der Waals surface area contributed by atoms with Crippen molar-refractivity contribution in [3.63, 3.8) is 0 Å². The maximum atomic E-state index is 13.5. The summed E-state index contributed by atoms with van der Waals surface area (Å²) in [6.07, 6.45) is 3.77. The minimum absolute atomic E-state index is 0.0161. The molecule has 2 heterocycles. The molecule has 1 saturated carbocycles. The van der Waals surface area contributed by atoms with Crippen LogP contribution in [0.3, 0.4) is 0 Å². The normalized spacial score (nSPS) is 17.8. The van der Waals surface area contributed by atoms with Crippen LogP contribution in [0.2, 0.25) is 0 Å². The standard InChI is InChI=1S/C28H35N5O/c1-21-8-9-22(33-18-16-32(17-19-33)15-14-31(2)3)20-24(21)27(34)30-28(11-12-28)25-10-13-29-26-7-5-4-6-23(25)26/h4-10,13,20H,11-12,14-19H2,1-3H3,(H,30,34). The number of carbonyl (C=O) groups excluding carboxylic acids is 1. The molecule has 2 aliphatic rings. The van der Waals surface area contributed by atoms with Crippen molar-refractivity contribution < 1.29 is 4.79 Å². The van der Waals surface area contributed by atoms with Crippen LogP contribution in [-0.2, 0) is 5.54 Å². The second-order valence-electron chi connectivity index (χ2n) is 10.0. The third kappa shape index (κ3) is 4.65. The quantitative estimate of drug-likeness (QED) is 0.587. The Labute approximate surface area is 202 Å². The number of aromatic nitrogens is 1. The number of rotatable bonds is 7. The van der Waals surface area contributed by atoms with Crippen molar-refractivity contribution in [1.82, 2.24) is 20.1 Å². The molecule has 0 atom stereocenters. The van der Waals surface area contributed by atoms with Crippen molar-refractivity contribution in [2.24, 2.45) is 0 Å². The van der Waals surface area contributed by atoms with Gasteiger partial charge in [0, 0.05) is 62.1 Å². The van der Waals surface area contributed by atoms with Crippen molar-refractivity contribution in [3.8, 4) is 0 Å². The lowest BCUT2D eigenvalue weighted by molar-refractivity contribution is 0.0930. The van der Waals surface area contributed by atoms with Crippen LogP contribution >= 0.6 is 0 Å². The molecule has 0 spiro atoms. The zero-order chi connectivity index (χ0) is 23.7. The third-order valence-corrected chi connectivity index (χ3v) is 7.33. The topological polar surface area (TPSA) is 51.7 Å². The zero-order valence-electron chi connectivity index (χ0n) is 20.6. The monoisotopic (exact) mass is 457 g/mol. The van der Waals surface area contributed by atoms with E-state index >= 15 is 0 Å². The molecule has 0 radical (unpaired) electrons. The fourth-order valence-corrected chi connectivity index (χ4v) is 5.01. The summed E-state index contributed by atoms with van der Waals surface area (Å²) in [6, 6.07) is 16.6. The van der Waals surface area contributed by atoms with Crippen molar-refractivity contribution in [2.75, 3.05) is 58.3 Å². The van der Waals surface area contributed by atoms with Crippen molar-refractivity contribution in [3.05, 3.63) is 71.4 Å². The number of likely N-dealkylation sites (N-methyl/N-ethyl adjacent to an activating group) is 1. The fraction of sp³-hybridized carbons (Fsp3) is 0.429. The summed E-state index contributed by atoms with van der Waals surface area (Å²) >= 11 is 0. The van der Waals surface area contributed by atoms with Gasteiger partial charge in [-0.15, -0.1) is 0 Å². The number of aryl methyl sites for hydroxylation is 1. The molecule has 0 bridgehead atoms. The second kappa shape index (κ2) is 9.35. The Morgan fingerprint density at radius 3 is 2.56 bits per heavy atom. The smallest absolute Gasteiger partial charge is 0.252 e. The highest BCUT2D eigenvalue weighted by Gasteiger charge is 2.47. The van der Waals surface area contributed by atoms with E-state index in [9.17, 15) is 4.79 Å². The van der Waals surface area contributed by atoms with E-state index in [1.807, 2.05) is 31.3 Å². The van der Waals surface area contributed by atoms with Crippen LogP contribution in [0.25, 0.3) is 10.9 Å². The van der Waals surface area contributed by atoms with E-state index in [4.69, 9.17) is 0 Å². The molecule has 1 aliphatic carbocycles. The maximum absolute atomic E-state index is 13.5. The lowest BCUT2D eigenvalue weighted by atomic mass is 9.99. The molecule has 6 heteroatoms. The van der Waals surface area contributed by atoms with Gasteiger partial charge in [0.1, 0.15) is 0 Å². The summed E-state index contributed by atoms with van der Waals surface area (Å²) in [4.78, 5) is 25.2. The predicted molar refractivity (Wildman–Crippen MR) is 139 cm³/mol. The maximum Gasteiger partial charge on any atom is 0.252 e. The van der Waals surface area contributed by atoms with E-state index < -0.39 is 0 Å². The Hall–Kier alpha value is -2.96. The molecule has 34 heavy (non-hydrogen) atoms. The molecule has 1 amide bonds. The predicted octanol–water partition coefficient (Wildman–Crippen LogP) is 3.65. The van der Waals surface area contributed by atoms with E-state index in [1.165, 1.54) is 5.56 Å². The number of hydrogen-bond donors (Lipinski definition) is 1. The van der Waals surface area contributed by atoms with Crippen LogP contribution in [-0.4, -0.2) is 74.1 Å². The number of amides is 1. The van der Waals surface area contributed by atoms with Gasteiger partial charge < -0.3 is 15.1 Å². The number of hydrogen-bond acceptors (Lipinski definition) is 5. The average Bonchev–Trinajstić information content (AvgIpc) is 3.63. The van der Waals surface area contributed by atoms with E-state index in [0.29, 0.717) is 0 Å². The Balaban J connectivity index is 1.31. The van der Waals surface area contributed by atoms with Gasteiger partial charge in [-0.2, -0.15) is 0 Å². The lowest BCUT2D eigenvalue weighted by Crippen LogP contribution is -2.48. The number of piperazine rings is 1. The average molecular weight is 458 g/mol. The van der Waals surface area contributed by atoms with Gasteiger partial charge in [-0.1, -0.05) is 24.3 Å². The number of carbonyl (C=O) groups is 1. The van der Waals surface area contributed by atoms with Gasteiger partial charge in [0.05, 0.1) is 11.1 Å². The van der Waals surface area contributed by atoms with E-state index in [0.717, 1.165) is 79.8 Å². The van der Waals surface area contributed by atoms with Gasteiger partial charge in [-0.05, 0) is 69.3 Å². The summed E-state index contributed by atoms with van der Waals surface area (Å²) in [5.41, 5.74) is 4.79. The number of nitrogens with zero attached hydrogens (tertiary/aromatic N) is 4. The number of pyridine rings is 1. The van der Waals surface area contributed by atoms with Crippen LogP contribution in [0.4, 0.5) is 5.69 Å². The van der Waals surface area contributed by atoms with Gasteiger partial charge in [-0.25, -0.2) is 0 Å². The number of anilines is 1. The molecule has 1 saturated heterocycles. The summed E-state index contributed by atoms with van der Waals surface area (Å²) in [5, 5.41) is 4.52. The molecule has 5 rings (SSSR count). The highest BCUT2D eigenvalue weighted by molar-refractivity contribution is 5.98. The molecular weight excluding hydrogens is 422 g/mol. The van der Waals surface area contributed by atoms with Gasteiger partial charge in [-0.3, -0.25) is 14.7 Å². The molecule has 0 unspecified atom stereocenters. The molecule has 1 aromatic heterocycles. The van der Waals surface area contributed by atoms with Gasteiger partial charge in [0.25, 0.3) is 5.91 Å². The van der Waals surface area contributed by atoms with E-state index in [2.05, 4.69) is 69.4 Å². The second-order valence-corrected chi connectivity index (χ2v) is 10.0. The van der Waals surface area contributed by atoms with Crippen LogP contribution in [0.5, 0.6) is 0 Å². The summed E-state index contributed by atoms with van der Waals surface area (Å²) < 4.78 is 0. The van der Waals surface area contributed by atoms with Crippen LogP contribution < -0.4 is 10.2 Å². The molecule has 1 N–H and O–H groups in total. The van der Waals surface area contributed by atoms with Gasteiger partial charge >= 0.3 is 0 Å². The molecule has 1 aliphatic heterocycles. The molecular formula is C28H35N5O. The highest BCUT2D eigenvalue weighted by Crippen LogP contribution is 2.47. The Bertz CT molecular complexity index is 1170.